The van der Waals surface area contributed by atoms with E-state index in [4.69, 9.17) is 9.15 Å². The van der Waals surface area contributed by atoms with Crippen molar-refractivity contribution in [2.45, 2.75) is 52.0 Å². The van der Waals surface area contributed by atoms with Gasteiger partial charge in [0.1, 0.15) is 6.61 Å². The number of rotatable bonds is 4. The number of amides is 2. The van der Waals surface area contributed by atoms with Gasteiger partial charge in [0.25, 0.3) is 11.8 Å². The zero-order valence-electron chi connectivity index (χ0n) is 21.1. The number of carbonyl (C=O) groups is 2. The summed E-state index contributed by atoms with van der Waals surface area (Å²) in [6.07, 6.45) is 6.29. The van der Waals surface area contributed by atoms with Gasteiger partial charge in [0.15, 0.2) is 0 Å². The second-order valence-electron chi connectivity index (χ2n) is 9.16. The molecule has 2 aromatic carbocycles. The Kier molecular flexibility index (Phi) is 8.84. The van der Waals surface area contributed by atoms with Crippen LogP contribution >= 0.6 is 0 Å². The van der Waals surface area contributed by atoms with Gasteiger partial charge in [0, 0.05) is 50.5 Å². The van der Waals surface area contributed by atoms with Crippen LogP contribution in [-0.4, -0.2) is 53.7 Å². The Balaban J connectivity index is 1.61. The molecule has 0 saturated carbocycles. The number of benzene rings is 2. The van der Waals surface area contributed by atoms with Gasteiger partial charge in [0.05, 0.1) is 0 Å². The number of para-hydroxylation sites is 1. The molecule has 0 spiro atoms. The SMILES string of the molecule is COCC(=O)N1CCCCCCCCN(C(=O)c2ccc(-c3nnc(C)o3)cc2)Cc2ccccc21. The third-order valence-corrected chi connectivity index (χ3v) is 6.46. The molecule has 0 saturated heterocycles. The summed E-state index contributed by atoms with van der Waals surface area (Å²) in [6, 6.07) is 15.1. The molecule has 0 radical (unpaired) electrons. The molecule has 0 unspecified atom stereocenters. The van der Waals surface area contributed by atoms with E-state index in [2.05, 4.69) is 10.2 Å². The third kappa shape index (κ3) is 6.37. The highest BCUT2D eigenvalue weighted by Gasteiger charge is 2.22. The maximum Gasteiger partial charge on any atom is 0.254 e. The lowest BCUT2D eigenvalue weighted by molar-refractivity contribution is -0.122. The van der Waals surface area contributed by atoms with E-state index in [1.165, 1.54) is 7.11 Å². The minimum atomic E-state index is -0.0652. The summed E-state index contributed by atoms with van der Waals surface area (Å²) in [5.41, 5.74) is 3.17. The molecule has 0 atom stereocenters. The molecule has 8 nitrogen and oxygen atoms in total. The van der Waals surface area contributed by atoms with E-state index in [1.807, 2.05) is 46.2 Å². The second kappa shape index (κ2) is 12.4. The van der Waals surface area contributed by atoms with Crippen LogP contribution in [0, 0.1) is 6.92 Å². The highest BCUT2D eigenvalue weighted by molar-refractivity contribution is 5.96. The van der Waals surface area contributed by atoms with E-state index in [0.717, 1.165) is 55.3 Å². The molecular weight excluding hydrogens is 456 g/mol. The van der Waals surface area contributed by atoms with Crippen LogP contribution in [0.5, 0.6) is 0 Å². The zero-order chi connectivity index (χ0) is 25.3. The standard InChI is InChI=1S/C28H34N4O4/c1-21-29-30-27(36-21)22-13-15-23(16-14-22)28(34)31-17-9-5-3-4-6-10-18-32(26(33)20-35-2)25-12-8-7-11-24(25)19-31/h7-8,11-16H,3-6,9-10,17-20H2,1-2H3. The number of nitrogens with zero attached hydrogens (tertiary/aromatic N) is 4. The monoisotopic (exact) mass is 490 g/mol. The van der Waals surface area contributed by atoms with Gasteiger partial charge in [-0.15, -0.1) is 10.2 Å². The van der Waals surface area contributed by atoms with Crippen molar-refractivity contribution in [3.8, 4) is 11.5 Å². The summed E-state index contributed by atoms with van der Waals surface area (Å²) in [7, 11) is 1.54. The Morgan fingerprint density at radius 3 is 2.31 bits per heavy atom. The van der Waals surface area contributed by atoms with Gasteiger partial charge in [-0.3, -0.25) is 9.59 Å². The Morgan fingerprint density at radius 2 is 1.61 bits per heavy atom. The number of aryl methyl sites for hydroxylation is 1. The van der Waals surface area contributed by atoms with Gasteiger partial charge in [-0.1, -0.05) is 43.9 Å². The number of carbonyl (C=O) groups excluding carboxylic acids is 2. The van der Waals surface area contributed by atoms with Crippen molar-refractivity contribution >= 4 is 17.5 Å². The van der Waals surface area contributed by atoms with Crippen LogP contribution in [0.2, 0.25) is 0 Å². The van der Waals surface area contributed by atoms with E-state index >= 15 is 0 Å². The molecule has 0 aliphatic carbocycles. The smallest absolute Gasteiger partial charge is 0.254 e. The lowest BCUT2D eigenvalue weighted by Crippen LogP contribution is -2.37. The average Bonchev–Trinajstić information content (AvgIpc) is 3.33. The molecule has 4 rings (SSSR count). The highest BCUT2D eigenvalue weighted by atomic mass is 16.5. The van der Waals surface area contributed by atoms with Crippen LogP contribution in [0.25, 0.3) is 11.5 Å². The first-order chi connectivity index (χ1) is 17.6. The van der Waals surface area contributed by atoms with Crippen LogP contribution in [-0.2, 0) is 16.1 Å². The largest absolute Gasteiger partial charge is 0.421 e. The van der Waals surface area contributed by atoms with Crippen molar-refractivity contribution in [1.29, 1.82) is 0 Å². The Bertz CT molecular complexity index is 1160. The third-order valence-electron chi connectivity index (χ3n) is 6.46. The summed E-state index contributed by atoms with van der Waals surface area (Å²) in [5, 5.41) is 7.93. The van der Waals surface area contributed by atoms with Crippen LogP contribution < -0.4 is 4.90 Å². The topological polar surface area (TPSA) is 88.8 Å². The van der Waals surface area contributed by atoms with Crippen LogP contribution in [0.3, 0.4) is 0 Å². The Morgan fingerprint density at radius 1 is 0.917 bits per heavy atom. The number of hydrogen-bond donors (Lipinski definition) is 0. The molecule has 1 aliphatic heterocycles. The van der Waals surface area contributed by atoms with Gasteiger partial charge in [-0.05, 0) is 48.7 Å². The molecule has 0 N–H and O–H groups in total. The van der Waals surface area contributed by atoms with Crippen LogP contribution in [0.1, 0.15) is 60.3 Å². The first-order valence-corrected chi connectivity index (χ1v) is 12.6. The fourth-order valence-electron chi connectivity index (χ4n) is 4.58. The summed E-state index contributed by atoms with van der Waals surface area (Å²) >= 11 is 0. The van der Waals surface area contributed by atoms with Crippen LogP contribution in [0.15, 0.2) is 52.9 Å². The number of methoxy groups -OCH3 is 1. The molecule has 1 aliphatic rings. The predicted octanol–water partition coefficient (Wildman–Crippen LogP) is 5.02. The first-order valence-electron chi connectivity index (χ1n) is 12.6. The zero-order valence-corrected chi connectivity index (χ0v) is 21.1. The molecule has 0 fully saturated rings. The Labute approximate surface area is 212 Å². The van der Waals surface area contributed by atoms with E-state index < -0.39 is 0 Å². The predicted molar refractivity (Wildman–Crippen MR) is 138 cm³/mol. The molecule has 190 valence electrons. The van der Waals surface area contributed by atoms with Crippen LogP contribution in [0.4, 0.5) is 5.69 Å². The number of hydrogen-bond acceptors (Lipinski definition) is 6. The fraction of sp³-hybridized carbons (Fsp3) is 0.429. The number of anilines is 1. The molecular formula is C28H34N4O4. The number of aromatic nitrogens is 2. The van der Waals surface area contributed by atoms with Gasteiger partial charge in [-0.2, -0.15) is 0 Å². The minimum absolute atomic E-state index is 0.0307. The van der Waals surface area contributed by atoms with E-state index in [9.17, 15) is 9.59 Å². The highest BCUT2D eigenvalue weighted by Crippen LogP contribution is 2.26. The summed E-state index contributed by atoms with van der Waals surface area (Å²) in [6.45, 7) is 3.50. The Hall–Kier alpha value is -3.52. The molecule has 3 aromatic rings. The van der Waals surface area contributed by atoms with E-state index in [0.29, 0.717) is 37.0 Å². The summed E-state index contributed by atoms with van der Waals surface area (Å²) in [4.78, 5) is 30.3. The molecule has 0 bridgehead atoms. The molecule has 36 heavy (non-hydrogen) atoms. The summed E-state index contributed by atoms with van der Waals surface area (Å²) in [5.74, 6) is 0.827. The summed E-state index contributed by atoms with van der Waals surface area (Å²) < 4.78 is 10.7. The lowest BCUT2D eigenvalue weighted by Gasteiger charge is -2.28. The van der Waals surface area contributed by atoms with Crippen molar-refractivity contribution in [3.63, 3.8) is 0 Å². The van der Waals surface area contributed by atoms with Gasteiger partial charge >= 0.3 is 0 Å². The molecule has 8 heteroatoms. The van der Waals surface area contributed by atoms with Gasteiger partial charge in [0.2, 0.25) is 11.8 Å². The first kappa shape index (κ1) is 25.6. The maximum atomic E-state index is 13.6. The average molecular weight is 491 g/mol. The lowest BCUT2D eigenvalue weighted by atomic mass is 10.1. The number of fused-ring (bicyclic) bond motifs is 1. The van der Waals surface area contributed by atoms with Crippen molar-refractivity contribution in [3.05, 3.63) is 65.5 Å². The van der Waals surface area contributed by atoms with Crippen molar-refractivity contribution in [2.75, 3.05) is 31.7 Å². The van der Waals surface area contributed by atoms with Crippen molar-refractivity contribution in [2.24, 2.45) is 0 Å². The normalized spacial score (nSPS) is 15.4. The number of ether oxygens (including phenoxy) is 1. The maximum absolute atomic E-state index is 13.6. The van der Waals surface area contributed by atoms with E-state index in [1.54, 1.807) is 19.1 Å². The van der Waals surface area contributed by atoms with Gasteiger partial charge in [-0.25, -0.2) is 0 Å². The van der Waals surface area contributed by atoms with Gasteiger partial charge < -0.3 is 19.0 Å². The van der Waals surface area contributed by atoms with Crippen molar-refractivity contribution < 1.29 is 18.7 Å². The molecule has 2 amide bonds. The fourth-order valence-corrected chi connectivity index (χ4v) is 4.58. The van der Waals surface area contributed by atoms with Crippen molar-refractivity contribution in [1.82, 2.24) is 15.1 Å². The quantitative estimate of drug-likeness (QED) is 0.510. The van der Waals surface area contributed by atoms with E-state index in [-0.39, 0.29) is 18.4 Å². The minimum Gasteiger partial charge on any atom is -0.421 e. The molecule has 2 heterocycles. The molecule has 1 aromatic heterocycles. The second-order valence-corrected chi connectivity index (χ2v) is 9.16.